The number of aryl methyl sites for hydroxylation is 1. The molecule has 1 rings (SSSR count). The molecule has 6 nitrogen and oxygen atoms in total. The quantitative estimate of drug-likeness (QED) is 0.602. The molecule has 0 saturated heterocycles. The summed E-state index contributed by atoms with van der Waals surface area (Å²) in [6, 6.07) is 5.11. The third kappa shape index (κ3) is 4.92. The lowest BCUT2D eigenvalue weighted by atomic mass is 10.2. The number of nitrogens with one attached hydrogen (secondary N) is 2. The summed E-state index contributed by atoms with van der Waals surface area (Å²) >= 11 is 5.13. The SMILES string of the molecule is COCCNC(=S)Nc1ccc(C)c(S(=O)(=O)N(C)C)c1. The first kappa shape index (κ1) is 17.8. The smallest absolute Gasteiger partial charge is 0.242 e. The molecule has 0 aliphatic carbocycles. The van der Waals surface area contributed by atoms with E-state index in [-0.39, 0.29) is 4.90 Å². The highest BCUT2D eigenvalue weighted by Crippen LogP contribution is 2.22. The summed E-state index contributed by atoms with van der Waals surface area (Å²) in [5.41, 5.74) is 1.31. The molecular formula is C13H21N3O3S2. The second kappa shape index (κ2) is 7.69. The zero-order valence-corrected chi connectivity index (χ0v) is 14.3. The van der Waals surface area contributed by atoms with Crippen LogP contribution in [0.5, 0.6) is 0 Å². The van der Waals surface area contributed by atoms with Crippen LogP contribution in [0, 0.1) is 6.92 Å². The van der Waals surface area contributed by atoms with Gasteiger partial charge in [0.15, 0.2) is 5.11 Å². The van der Waals surface area contributed by atoms with Gasteiger partial charge in [-0.1, -0.05) is 6.07 Å². The number of methoxy groups -OCH3 is 1. The predicted octanol–water partition coefficient (Wildman–Crippen LogP) is 1.18. The Morgan fingerprint density at radius 2 is 2.05 bits per heavy atom. The van der Waals surface area contributed by atoms with Gasteiger partial charge in [0, 0.05) is 33.4 Å². The Balaban J connectivity index is 2.90. The molecular weight excluding hydrogens is 310 g/mol. The number of thiocarbonyl (C=S) groups is 1. The Kier molecular flexibility index (Phi) is 6.53. The maximum absolute atomic E-state index is 12.2. The Bertz CT molecular complexity index is 601. The zero-order valence-electron chi connectivity index (χ0n) is 12.6. The first-order valence-electron chi connectivity index (χ1n) is 6.36. The summed E-state index contributed by atoms with van der Waals surface area (Å²) in [5.74, 6) is 0. The van der Waals surface area contributed by atoms with Crippen LogP contribution in [0.15, 0.2) is 23.1 Å². The first-order valence-corrected chi connectivity index (χ1v) is 8.21. The molecule has 0 atom stereocenters. The van der Waals surface area contributed by atoms with E-state index in [1.165, 1.54) is 18.4 Å². The molecule has 0 fully saturated rings. The summed E-state index contributed by atoms with van der Waals surface area (Å²) in [4.78, 5) is 0.261. The van der Waals surface area contributed by atoms with E-state index in [0.29, 0.717) is 29.5 Å². The van der Waals surface area contributed by atoms with Gasteiger partial charge in [0.1, 0.15) is 0 Å². The molecule has 0 aliphatic rings. The van der Waals surface area contributed by atoms with Gasteiger partial charge >= 0.3 is 0 Å². The Hall–Kier alpha value is -1.22. The van der Waals surface area contributed by atoms with Gasteiger partial charge in [0.05, 0.1) is 11.5 Å². The minimum absolute atomic E-state index is 0.261. The molecule has 0 heterocycles. The largest absolute Gasteiger partial charge is 0.383 e. The van der Waals surface area contributed by atoms with Gasteiger partial charge in [0.2, 0.25) is 10.0 Å². The second-order valence-electron chi connectivity index (χ2n) is 4.64. The fourth-order valence-electron chi connectivity index (χ4n) is 1.59. The number of benzene rings is 1. The summed E-state index contributed by atoms with van der Waals surface area (Å²) in [5, 5.41) is 6.34. The van der Waals surface area contributed by atoms with Crippen molar-refractivity contribution in [2.45, 2.75) is 11.8 Å². The van der Waals surface area contributed by atoms with Crippen LogP contribution < -0.4 is 10.6 Å². The fourth-order valence-corrected chi connectivity index (χ4v) is 2.96. The third-order valence-corrected chi connectivity index (χ3v) is 5.00. The van der Waals surface area contributed by atoms with Crippen molar-refractivity contribution < 1.29 is 13.2 Å². The average Bonchev–Trinajstić information content (AvgIpc) is 2.41. The van der Waals surface area contributed by atoms with E-state index in [1.54, 1.807) is 32.2 Å². The molecule has 0 amide bonds. The maximum atomic E-state index is 12.2. The summed E-state index contributed by atoms with van der Waals surface area (Å²) < 4.78 is 30.6. The van der Waals surface area contributed by atoms with Gasteiger partial charge in [-0.15, -0.1) is 0 Å². The number of hydrogen-bond donors (Lipinski definition) is 2. The normalized spacial score (nSPS) is 11.5. The van der Waals surface area contributed by atoms with E-state index < -0.39 is 10.0 Å². The van der Waals surface area contributed by atoms with Gasteiger partial charge in [-0.2, -0.15) is 0 Å². The van der Waals surface area contributed by atoms with Gasteiger partial charge < -0.3 is 15.4 Å². The van der Waals surface area contributed by atoms with Crippen molar-refractivity contribution >= 4 is 33.0 Å². The Morgan fingerprint density at radius 1 is 1.38 bits per heavy atom. The van der Waals surface area contributed by atoms with Crippen molar-refractivity contribution in [2.75, 3.05) is 39.7 Å². The maximum Gasteiger partial charge on any atom is 0.242 e. The van der Waals surface area contributed by atoms with Crippen molar-refractivity contribution in [3.05, 3.63) is 23.8 Å². The molecule has 2 N–H and O–H groups in total. The fraction of sp³-hybridized carbons (Fsp3) is 0.462. The predicted molar refractivity (Wildman–Crippen MR) is 88.2 cm³/mol. The summed E-state index contributed by atoms with van der Waals surface area (Å²) in [6.07, 6.45) is 0. The molecule has 0 aliphatic heterocycles. The van der Waals surface area contributed by atoms with Crippen molar-refractivity contribution in [3.63, 3.8) is 0 Å². The highest BCUT2D eigenvalue weighted by molar-refractivity contribution is 7.89. The van der Waals surface area contributed by atoms with E-state index in [4.69, 9.17) is 17.0 Å². The van der Waals surface area contributed by atoms with Crippen LogP contribution in [0.2, 0.25) is 0 Å². The van der Waals surface area contributed by atoms with Crippen LogP contribution in [0.1, 0.15) is 5.56 Å². The zero-order chi connectivity index (χ0) is 16.0. The van der Waals surface area contributed by atoms with Crippen LogP contribution in [0.3, 0.4) is 0 Å². The lowest BCUT2D eigenvalue weighted by Gasteiger charge is -2.16. The third-order valence-electron chi connectivity index (χ3n) is 2.80. The van der Waals surface area contributed by atoms with E-state index in [2.05, 4.69) is 10.6 Å². The van der Waals surface area contributed by atoms with Gasteiger partial charge in [0.25, 0.3) is 0 Å². The molecule has 21 heavy (non-hydrogen) atoms. The molecule has 1 aromatic carbocycles. The molecule has 0 bridgehead atoms. The van der Waals surface area contributed by atoms with Gasteiger partial charge in [-0.25, -0.2) is 12.7 Å². The molecule has 0 unspecified atom stereocenters. The standard InChI is InChI=1S/C13H21N3O3S2/c1-10-5-6-11(15-13(20)14-7-8-19-4)9-12(10)21(17,18)16(2)3/h5-6,9H,7-8H2,1-4H3,(H2,14,15,20). The molecule has 8 heteroatoms. The number of anilines is 1. The Labute approximate surface area is 131 Å². The monoisotopic (exact) mass is 331 g/mol. The van der Waals surface area contributed by atoms with Crippen molar-refractivity contribution in [2.24, 2.45) is 0 Å². The van der Waals surface area contributed by atoms with Crippen LogP contribution in [0.4, 0.5) is 5.69 Å². The second-order valence-corrected chi connectivity index (χ2v) is 7.17. The van der Waals surface area contributed by atoms with Gasteiger partial charge in [-0.05, 0) is 36.8 Å². The highest BCUT2D eigenvalue weighted by atomic mass is 32.2. The number of hydrogen-bond acceptors (Lipinski definition) is 4. The highest BCUT2D eigenvalue weighted by Gasteiger charge is 2.20. The van der Waals surface area contributed by atoms with Gasteiger partial charge in [-0.3, -0.25) is 0 Å². The number of ether oxygens (including phenoxy) is 1. The molecule has 0 aromatic heterocycles. The van der Waals surface area contributed by atoms with Crippen LogP contribution in [-0.2, 0) is 14.8 Å². The minimum atomic E-state index is -3.48. The van der Waals surface area contributed by atoms with E-state index in [9.17, 15) is 8.42 Å². The minimum Gasteiger partial charge on any atom is -0.383 e. The summed E-state index contributed by atoms with van der Waals surface area (Å²) in [6.45, 7) is 2.88. The first-order chi connectivity index (χ1) is 9.78. The van der Waals surface area contributed by atoms with E-state index >= 15 is 0 Å². The molecule has 1 aromatic rings. The lowest BCUT2D eigenvalue weighted by Crippen LogP contribution is -2.31. The molecule has 0 saturated carbocycles. The van der Waals surface area contributed by atoms with Crippen LogP contribution in [0.25, 0.3) is 0 Å². The number of nitrogens with zero attached hydrogens (tertiary/aromatic N) is 1. The summed E-state index contributed by atoms with van der Waals surface area (Å²) in [7, 11) is 1.14. The van der Waals surface area contributed by atoms with E-state index in [0.717, 1.165) is 0 Å². The Morgan fingerprint density at radius 3 is 2.62 bits per heavy atom. The number of rotatable bonds is 6. The van der Waals surface area contributed by atoms with E-state index in [1.807, 2.05) is 0 Å². The molecule has 118 valence electrons. The van der Waals surface area contributed by atoms with Crippen LogP contribution >= 0.6 is 12.2 Å². The lowest BCUT2D eigenvalue weighted by molar-refractivity contribution is 0.204. The molecule has 0 radical (unpaired) electrons. The van der Waals surface area contributed by atoms with Crippen molar-refractivity contribution in [3.8, 4) is 0 Å². The van der Waals surface area contributed by atoms with Crippen molar-refractivity contribution in [1.29, 1.82) is 0 Å². The van der Waals surface area contributed by atoms with Crippen molar-refractivity contribution in [1.82, 2.24) is 9.62 Å². The molecule has 0 spiro atoms. The average molecular weight is 331 g/mol. The van der Waals surface area contributed by atoms with Crippen LogP contribution in [-0.4, -0.2) is 52.2 Å². The topological polar surface area (TPSA) is 70.7 Å². The number of sulfonamides is 1.